The summed E-state index contributed by atoms with van der Waals surface area (Å²) in [5, 5.41) is 22.4. The number of ether oxygens (including phenoxy) is 2. The molecule has 4 aliphatic heterocycles. The van der Waals surface area contributed by atoms with E-state index in [1.165, 1.54) is 0 Å². The molecule has 2 aromatic rings. The highest BCUT2D eigenvalue weighted by atomic mass is 16.5. The first-order valence-electron chi connectivity index (χ1n) is 19.0. The molecule has 52 heavy (non-hydrogen) atoms. The fraction of sp³-hybridized carbons (Fsp3) is 0.488. The molecule has 6 N–H and O–H groups in total. The molecule has 0 fully saturated rings. The average molecular weight is 705 g/mol. The molecule has 0 saturated carbocycles. The largest absolute Gasteiger partial charge is 0.465 e. The van der Waals surface area contributed by atoms with Crippen LogP contribution in [0.2, 0.25) is 0 Å². The first-order valence-corrected chi connectivity index (χ1v) is 19.0. The highest BCUT2D eigenvalue weighted by molar-refractivity contribution is 6.09. The number of aliphatic imine (C=N–C) groups is 1. The maximum Gasteiger partial charge on any atom is 0.187 e. The van der Waals surface area contributed by atoms with E-state index in [0.717, 1.165) is 78.5 Å². The normalized spacial score (nSPS) is 21.2. The van der Waals surface area contributed by atoms with E-state index in [2.05, 4.69) is 48.8 Å². The minimum Gasteiger partial charge on any atom is -0.465 e. The van der Waals surface area contributed by atoms with Gasteiger partial charge in [-0.1, -0.05) is 94.4 Å². The Labute approximate surface area is 308 Å². The number of nitrogens with zero attached hydrogens (tertiary/aromatic N) is 2. The molecule has 5 atom stereocenters. The molecule has 0 unspecified atom stereocenters. The van der Waals surface area contributed by atoms with Gasteiger partial charge in [0.1, 0.15) is 18.0 Å². The van der Waals surface area contributed by atoms with Crippen LogP contribution < -0.4 is 20.9 Å². The van der Waals surface area contributed by atoms with Crippen LogP contribution in [0.15, 0.2) is 64.9 Å². The zero-order valence-electron chi connectivity index (χ0n) is 30.4. The number of allylic oxidation sites excluding steroid dienone is 1. The minimum absolute atomic E-state index is 0.114. The second-order valence-corrected chi connectivity index (χ2v) is 14.4. The maximum absolute atomic E-state index is 13.6. The predicted octanol–water partition coefficient (Wildman–Crippen LogP) is 6.14. The van der Waals surface area contributed by atoms with Crippen LogP contribution in [-0.2, 0) is 17.6 Å². The Morgan fingerprint density at radius 2 is 1.85 bits per heavy atom. The fourth-order valence-electron chi connectivity index (χ4n) is 7.48. The number of unbranched alkanes of at least 4 members (excludes halogenated alkanes) is 4. The number of aliphatic hydroxyl groups excluding tert-OH is 2. The van der Waals surface area contributed by atoms with Crippen LogP contribution in [0.25, 0.3) is 0 Å². The summed E-state index contributed by atoms with van der Waals surface area (Å²) in [6, 6.07) is 11.3. The molecule has 2 bridgehead atoms. The first-order chi connectivity index (χ1) is 25.2. The van der Waals surface area contributed by atoms with Crippen molar-refractivity contribution in [3.63, 3.8) is 0 Å². The second kappa shape index (κ2) is 17.4. The molecule has 6 rings (SSSR count). The molecule has 0 spiro atoms. The van der Waals surface area contributed by atoms with E-state index in [4.69, 9.17) is 25.9 Å². The predicted molar refractivity (Wildman–Crippen MR) is 203 cm³/mol. The quantitative estimate of drug-likeness (QED) is 0.104. The summed E-state index contributed by atoms with van der Waals surface area (Å²) in [4.78, 5) is 20.5. The van der Waals surface area contributed by atoms with E-state index in [0.29, 0.717) is 55.7 Å². The van der Waals surface area contributed by atoms with Crippen LogP contribution in [0, 0.1) is 35.7 Å². The Kier molecular flexibility index (Phi) is 12.5. The van der Waals surface area contributed by atoms with E-state index in [1.807, 2.05) is 42.6 Å². The van der Waals surface area contributed by atoms with Gasteiger partial charge in [-0.2, -0.15) is 0 Å². The molecule has 0 saturated heterocycles. The van der Waals surface area contributed by atoms with Gasteiger partial charge >= 0.3 is 0 Å². The number of carbonyl (C=O) groups is 1. The fourth-order valence-corrected chi connectivity index (χ4v) is 7.48. The minimum atomic E-state index is -1.05. The lowest BCUT2D eigenvalue weighted by atomic mass is 9.86. The Hall–Kier alpha value is -4.38. The van der Waals surface area contributed by atoms with Gasteiger partial charge in [0, 0.05) is 43.2 Å². The lowest BCUT2D eigenvalue weighted by molar-refractivity contribution is -0.126. The molecule has 0 radical (unpaired) electrons. The van der Waals surface area contributed by atoms with Crippen LogP contribution in [0.5, 0.6) is 11.5 Å². The molecule has 0 aromatic heterocycles. The SMILES string of the molecule is CCCCC[C@@H](O)[C@@H](CCCCC)C(=O)CCc1ccc2c(c1)O[C@H]1[C@H](C#C[C@@H](O)c3ccc(C(N)N)cc3CC3=CN=C4CN1C=C34)CC#CO2. The second-order valence-electron chi connectivity index (χ2n) is 14.4. The number of fused-ring (bicyclic) bond motifs is 5. The maximum atomic E-state index is 13.6. The highest BCUT2D eigenvalue weighted by Gasteiger charge is 2.36. The Bertz CT molecular complexity index is 1840. The third kappa shape index (κ3) is 8.80. The van der Waals surface area contributed by atoms with Crippen molar-refractivity contribution in [3.8, 4) is 35.4 Å². The lowest BCUT2D eigenvalue weighted by Gasteiger charge is -2.32. The van der Waals surface area contributed by atoms with Gasteiger partial charge in [0.2, 0.25) is 0 Å². The number of hydrogen-bond acceptors (Lipinski definition) is 9. The van der Waals surface area contributed by atoms with Gasteiger partial charge in [0.15, 0.2) is 17.7 Å². The summed E-state index contributed by atoms with van der Waals surface area (Å²) >= 11 is 0. The van der Waals surface area contributed by atoms with Gasteiger partial charge < -0.3 is 36.1 Å². The zero-order valence-corrected chi connectivity index (χ0v) is 30.4. The number of hydrogen-bond donors (Lipinski definition) is 4. The van der Waals surface area contributed by atoms with Crippen LogP contribution in [-0.4, -0.2) is 45.5 Å². The summed E-state index contributed by atoms with van der Waals surface area (Å²) < 4.78 is 12.7. The summed E-state index contributed by atoms with van der Waals surface area (Å²) in [6.45, 7) is 4.82. The number of ketones is 1. The number of benzene rings is 2. The van der Waals surface area contributed by atoms with E-state index in [-0.39, 0.29) is 11.7 Å². The third-order valence-corrected chi connectivity index (χ3v) is 10.5. The van der Waals surface area contributed by atoms with Gasteiger partial charge in [-0.15, -0.1) is 0 Å². The van der Waals surface area contributed by atoms with Crippen LogP contribution in [0.3, 0.4) is 0 Å². The van der Waals surface area contributed by atoms with Crippen molar-refractivity contribution in [2.75, 3.05) is 6.54 Å². The van der Waals surface area contributed by atoms with Crippen LogP contribution in [0.4, 0.5) is 0 Å². The number of aliphatic hydroxyl groups is 2. The van der Waals surface area contributed by atoms with Gasteiger partial charge in [-0.25, -0.2) is 0 Å². The number of nitrogens with two attached hydrogens (primary N) is 2. The number of carbonyl (C=O) groups excluding carboxylic acids is 1. The van der Waals surface area contributed by atoms with Crippen molar-refractivity contribution in [3.05, 3.63) is 82.2 Å². The molecule has 0 amide bonds. The lowest BCUT2D eigenvalue weighted by Crippen LogP contribution is -2.41. The summed E-state index contributed by atoms with van der Waals surface area (Å²) in [6.07, 6.45) is 13.2. The standard InChI is InChI=1S/C43H52N4O5/c1-3-5-7-11-34(37(48)12-8-6-4-2)39(50)18-13-28-14-20-40-41(22-28)52-43-29(10-9-21-51-40)16-19-38(49)33-17-15-30(42(44)45)23-31(33)24-32-25-46-36-27-47(43)26-35(32)36/h14-15,17,20,22-23,25-26,29,34,37-38,42-43,48-49H,3-8,10-13,18,24,27,44-45H2,1-2H3/t29-,34+,37+,38+,43-/m0/s1. The van der Waals surface area contributed by atoms with Gasteiger partial charge in [-0.05, 0) is 59.2 Å². The molecule has 2 aromatic carbocycles. The van der Waals surface area contributed by atoms with Gasteiger partial charge in [-0.3, -0.25) is 9.79 Å². The molecule has 4 aliphatic rings. The zero-order chi connectivity index (χ0) is 36.6. The van der Waals surface area contributed by atoms with E-state index >= 15 is 0 Å². The van der Waals surface area contributed by atoms with Crippen molar-refractivity contribution in [1.82, 2.24) is 4.90 Å². The summed E-state index contributed by atoms with van der Waals surface area (Å²) in [5.41, 5.74) is 18.3. The molecule has 9 heteroatoms. The number of aryl methyl sites for hydroxylation is 1. The van der Waals surface area contributed by atoms with Crippen molar-refractivity contribution < 1.29 is 24.5 Å². The Morgan fingerprint density at radius 1 is 1.04 bits per heavy atom. The molecule has 274 valence electrons. The molecular weight excluding hydrogens is 652 g/mol. The highest BCUT2D eigenvalue weighted by Crippen LogP contribution is 2.37. The van der Waals surface area contributed by atoms with Crippen molar-refractivity contribution in [2.24, 2.45) is 28.3 Å². The molecular formula is C43H52N4O5. The Balaban J connectivity index is 1.26. The molecule has 9 nitrogen and oxygen atoms in total. The molecule has 0 aliphatic carbocycles. The van der Waals surface area contributed by atoms with Crippen molar-refractivity contribution in [2.45, 2.75) is 115 Å². The molecule has 4 heterocycles. The van der Waals surface area contributed by atoms with Gasteiger partial charge in [0.25, 0.3) is 0 Å². The smallest absolute Gasteiger partial charge is 0.187 e. The Morgan fingerprint density at radius 3 is 2.63 bits per heavy atom. The summed E-state index contributed by atoms with van der Waals surface area (Å²) in [7, 11) is 0. The third-order valence-electron chi connectivity index (χ3n) is 10.5. The first kappa shape index (κ1) is 37.4. The van der Waals surface area contributed by atoms with E-state index in [9.17, 15) is 15.0 Å². The summed E-state index contributed by atoms with van der Waals surface area (Å²) in [5.74, 6) is 9.88. The topological polar surface area (TPSA) is 144 Å². The van der Waals surface area contributed by atoms with Gasteiger partial charge in [0.05, 0.1) is 30.4 Å². The van der Waals surface area contributed by atoms with E-state index in [1.54, 1.807) is 0 Å². The van der Waals surface area contributed by atoms with Crippen LogP contribution in [0.1, 0.15) is 113 Å². The van der Waals surface area contributed by atoms with Crippen molar-refractivity contribution in [1.29, 1.82) is 0 Å². The van der Waals surface area contributed by atoms with E-state index < -0.39 is 30.5 Å². The van der Waals surface area contributed by atoms with Crippen molar-refractivity contribution >= 4 is 11.5 Å². The monoisotopic (exact) mass is 704 g/mol. The number of rotatable bonds is 14. The van der Waals surface area contributed by atoms with Crippen LogP contribution >= 0.6 is 0 Å². The average Bonchev–Trinajstić information content (AvgIpc) is 3.74. The number of Topliss-reactive ketones (excluding diaryl/α,β-unsaturated/α-hetero) is 1.